The number of rotatable bonds is 6. The lowest BCUT2D eigenvalue weighted by atomic mass is 9.83. The van der Waals surface area contributed by atoms with Crippen LogP contribution in [0.3, 0.4) is 0 Å². The number of amides is 3. The summed E-state index contributed by atoms with van der Waals surface area (Å²) in [6.45, 7) is 8.76. The van der Waals surface area contributed by atoms with E-state index in [-0.39, 0.29) is 11.8 Å². The summed E-state index contributed by atoms with van der Waals surface area (Å²) in [7, 11) is 2.06. The van der Waals surface area contributed by atoms with Crippen molar-refractivity contribution in [3.05, 3.63) is 100 Å². The maximum Gasteiger partial charge on any atom is 0.254 e. The number of carbonyl (C=O) groups is 3. The summed E-state index contributed by atoms with van der Waals surface area (Å²) in [6.07, 6.45) is 0. The van der Waals surface area contributed by atoms with Gasteiger partial charge in [-0.15, -0.1) is 0 Å². The minimum Gasteiger partial charge on any atom is -0.366 e. The number of fused-ring (bicyclic) bond motifs is 3. The van der Waals surface area contributed by atoms with Crippen molar-refractivity contribution in [2.45, 2.75) is 26.2 Å². The van der Waals surface area contributed by atoms with E-state index in [1.165, 1.54) is 0 Å². The van der Waals surface area contributed by atoms with Crippen LogP contribution in [0.5, 0.6) is 0 Å². The lowest BCUT2D eigenvalue weighted by Gasteiger charge is -2.32. The Bertz CT molecular complexity index is 1970. The number of H-pyrrole nitrogens is 1. The molecule has 1 fully saturated rings. The lowest BCUT2D eigenvalue weighted by Crippen LogP contribution is -2.47. The number of nitrogens with one attached hydrogen (secondary N) is 2. The second-order valence-corrected chi connectivity index (χ2v) is 12.8. The summed E-state index contributed by atoms with van der Waals surface area (Å²) in [6, 6.07) is 22.3. The van der Waals surface area contributed by atoms with Gasteiger partial charge in [0.1, 0.15) is 0 Å². The molecule has 1 aliphatic heterocycles. The van der Waals surface area contributed by atoms with Gasteiger partial charge in [-0.2, -0.15) is 0 Å². The number of nitrogens with two attached hydrogens (primary N) is 1. The Morgan fingerprint density at radius 1 is 0.911 bits per heavy atom. The molecule has 9 heteroatoms. The molecule has 0 aliphatic carbocycles. The third-order valence-corrected chi connectivity index (χ3v) is 9.31. The molecule has 0 unspecified atom stereocenters. The van der Waals surface area contributed by atoms with E-state index in [1.54, 1.807) is 18.2 Å². The number of carbonyl (C=O) groups excluding carboxylic acids is 3. The zero-order valence-corrected chi connectivity index (χ0v) is 26.6. The molecule has 6 rings (SSSR count). The van der Waals surface area contributed by atoms with Crippen molar-refractivity contribution in [2.24, 2.45) is 5.73 Å². The number of piperazine rings is 1. The third kappa shape index (κ3) is 5.56. The minimum absolute atomic E-state index is 0.0141. The Hall–Kier alpha value is -4.66. The van der Waals surface area contributed by atoms with Crippen LogP contribution in [0.25, 0.3) is 32.9 Å². The molecule has 4 N–H and O–H groups in total. The van der Waals surface area contributed by atoms with Gasteiger partial charge >= 0.3 is 0 Å². The van der Waals surface area contributed by atoms with E-state index in [0.29, 0.717) is 40.4 Å². The highest BCUT2D eigenvalue weighted by Gasteiger charge is 2.30. The first-order chi connectivity index (χ1) is 21.5. The predicted molar refractivity (Wildman–Crippen MR) is 181 cm³/mol. The van der Waals surface area contributed by atoms with E-state index in [4.69, 9.17) is 17.3 Å². The first-order valence-corrected chi connectivity index (χ1v) is 15.4. The molecule has 0 bridgehead atoms. The fourth-order valence-corrected chi connectivity index (χ4v) is 6.23. The first-order valence-electron chi connectivity index (χ1n) is 15.0. The lowest BCUT2D eigenvalue weighted by molar-refractivity contribution is -0.120. The average Bonchev–Trinajstić information content (AvgIpc) is 3.40. The van der Waals surface area contributed by atoms with E-state index in [2.05, 4.69) is 22.2 Å². The van der Waals surface area contributed by atoms with Crippen LogP contribution in [-0.4, -0.2) is 65.7 Å². The van der Waals surface area contributed by atoms with Crippen LogP contribution in [0.15, 0.2) is 72.8 Å². The number of halogens is 1. The number of benzene rings is 4. The number of aromatic amines is 1. The van der Waals surface area contributed by atoms with Crippen LogP contribution in [0, 0.1) is 6.92 Å². The zero-order chi connectivity index (χ0) is 32.0. The molecule has 45 heavy (non-hydrogen) atoms. The number of hydrogen-bond acceptors (Lipinski definition) is 4. The molecule has 8 nitrogen and oxygen atoms in total. The van der Waals surface area contributed by atoms with E-state index in [0.717, 1.165) is 51.6 Å². The monoisotopic (exact) mass is 621 g/mol. The summed E-state index contributed by atoms with van der Waals surface area (Å²) < 4.78 is 0. The second-order valence-electron chi connectivity index (χ2n) is 12.3. The third-order valence-electron chi connectivity index (χ3n) is 9.06. The molecular formula is C36H36ClN5O3. The van der Waals surface area contributed by atoms with Crippen molar-refractivity contribution in [3.8, 4) is 11.1 Å². The largest absolute Gasteiger partial charge is 0.366 e. The summed E-state index contributed by atoms with van der Waals surface area (Å²) in [4.78, 5) is 46.9. The highest BCUT2D eigenvalue weighted by Crippen LogP contribution is 2.40. The van der Waals surface area contributed by atoms with Crippen LogP contribution in [-0.2, 0) is 10.2 Å². The van der Waals surface area contributed by atoms with Crippen LogP contribution < -0.4 is 11.1 Å². The Labute approximate surface area is 267 Å². The minimum atomic E-state index is -0.806. The van der Waals surface area contributed by atoms with Gasteiger partial charge in [0, 0.05) is 58.7 Å². The normalized spacial score (nSPS) is 14.2. The second kappa shape index (κ2) is 11.7. The molecule has 0 saturated carbocycles. The van der Waals surface area contributed by atoms with Crippen LogP contribution in [0.4, 0.5) is 5.69 Å². The quantitative estimate of drug-likeness (QED) is 0.205. The standard InChI is InChI=1S/C36H36ClN5O3/c1-21-25(6-5-7-29(21)40-35(45)36(2,3)23-9-11-24(37)12-10-23)26-14-15-28(33(38)43)32-31(26)27-13-8-22(20-30(27)39-32)34(44)42-18-16-41(4)17-19-42/h5-15,20,39H,16-19H2,1-4H3,(H2,38,43)(H,40,45). The molecule has 230 valence electrons. The number of aromatic nitrogens is 1. The zero-order valence-electron chi connectivity index (χ0n) is 25.8. The number of primary amides is 1. The molecule has 2 heterocycles. The molecule has 0 spiro atoms. The van der Waals surface area contributed by atoms with Gasteiger partial charge in [-0.3, -0.25) is 14.4 Å². The van der Waals surface area contributed by atoms with Crippen LogP contribution in [0.2, 0.25) is 5.02 Å². The van der Waals surface area contributed by atoms with Crippen molar-refractivity contribution in [1.82, 2.24) is 14.8 Å². The summed E-state index contributed by atoms with van der Waals surface area (Å²) in [5.74, 6) is -0.710. The van der Waals surface area contributed by atoms with E-state index in [9.17, 15) is 14.4 Å². The van der Waals surface area contributed by atoms with Crippen molar-refractivity contribution in [1.29, 1.82) is 0 Å². The van der Waals surface area contributed by atoms with Crippen molar-refractivity contribution >= 4 is 56.8 Å². The number of nitrogens with zero attached hydrogens (tertiary/aromatic N) is 2. The maximum absolute atomic E-state index is 13.6. The van der Waals surface area contributed by atoms with Crippen molar-refractivity contribution in [3.63, 3.8) is 0 Å². The molecule has 5 aromatic rings. The average molecular weight is 622 g/mol. The molecule has 0 atom stereocenters. The Morgan fingerprint density at radius 2 is 1.62 bits per heavy atom. The van der Waals surface area contributed by atoms with Crippen molar-refractivity contribution in [2.75, 3.05) is 38.5 Å². The number of anilines is 1. The topological polar surface area (TPSA) is 112 Å². The molecule has 0 radical (unpaired) electrons. The number of likely N-dealkylation sites (N-methyl/N-ethyl adjacent to an activating group) is 1. The molecule has 1 saturated heterocycles. The molecular weight excluding hydrogens is 586 g/mol. The molecule has 1 aromatic heterocycles. The van der Waals surface area contributed by atoms with Crippen LogP contribution >= 0.6 is 11.6 Å². The Balaban J connectivity index is 1.41. The van der Waals surface area contributed by atoms with E-state index >= 15 is 0 Å². The Kier molecular flexibility index (Phi) is 7.89. The number of hydrogen-bond donors (Lipinski definition) is 3. The van der Waals surface area contributed by atoms with Crippen molar-refractivity contribution < 1.29 is 14.4 Å². The van der Waals surface area contributed by atoms with Gasteiger partial charge in [0.05, 0.1) is 16.5 Å². The molecule has 1 aliphatic rings. The molecule has 4 aromatic carbocycles. The van der Waals surface area contributed by atoms with Gasteiger partial charge in [0.2, 0.25) is 5.91 Å². The smallest absolute Gasteiger partial charge is 0.254 e. The highest BCUT2D eigenvalue weighted by molar-refractivity contribution is 6.30. The SMILES string of the molecule is Cc1c(NC(=O)C(C)(C)c2ccc(Cl)cc2)cccc1-c1ccc(C(N)=O)c2[nH]c3cc(C(=O)N4CCN(C)CC4)ccc3c12. The van der Waals surface area contributed by atoms with E-state index < -0.39 is 11.3 Å². The highest BCUT2D eigenvalue weighted by atomic mass is 35.5. The summed E-state index contributed by atoms with van der Waals surface area (Å²) in [5.41, 5.74) is 11.5. The van der Waals surface area contributed by atoms with Gasteiger partial charge < -0.3 is 25.8 Å². The molecule has 3 amide bonds. The van der Waals surface area contributed by atoms with E-state index in [1.807, 2.05) is 80.3 Å². The van der Waals surface area contributed by atoms with Gasteiger partial charge in [0.15, 0.2) is 0 Å². The summed E-state index contributed by atoms with van der Waals surface area (Å²) in [5, 5.41) is 5.45. The fourth-order valence-electron chi connectivity index (χ4n) is 6.11. The summed E-state index contributed by atoms with van der Waals surface area (Å²) >= 11 is 6.08. The van der Waals surface area contributed by atoms with Gasteiger partial charge in [0.25, 0.3) is 11.8 Å². The van der Waals surface area contributed by atoms with Gasteiger partial charge in [-0.05, 0) is 86.5 Å². The maximum atomic E-state index is 13.6. The van der Waals surface area contributed by atoms with Gasteiger partial charge in [-0.25, -0.2) is 0 Å². The predicted octanol–water partition coefficient (Wildman–Crippen LogP) is 6.35. The van der Waals surface area contributed by atoms with Gasteiger partial charge in [-0.1, -0.05) is 48.0 Å². The fraction of sp³-hybridized carbons (Fsp3) is 0.250. The Morgan fingerprint density at radius 3 is 2.31 bits per heavy atom. The van der Waals surface area contributed by atoms with Crippen LogP contribution in [0.1, 0.15) is 45.7 Å². The first kappa shape index (κ1) is 30.4.